The lowest BCUT2D eigenvalue weighted by atomic mass is 10.1. The molecule has 0 bridgehead atoms. The average molecular weight is 527 g/mol. The standard InChI is InChI=1S/C25H27FN6O6/c1-15(2)30(16-10-11-20(38-3)18(14-16)23(34)35)24(36)32-25(37)31(27-28-32)21-17(8-7-9-19(21)26)22(33)29-12-5-4-6-13-29/h7-11,14-15H,4-6,12-13H2,1-3H3,(H,34,35). The van der Waals surface area contributed by atoms with Crippen molar-refractivity contribution < 1.29 is 28.6 Å². The number of para-hydroxylation sites is 1. The minimum atomic E-state index is -1.27. The molecule has 0 unspecified atom stereocenters. The largest absolute Gasteiger partial charge is 0.496 e. The number of aromatic nitrogens is 4. The average Bonchev–Trinajstić information content (AvgIpc) is 3.29. The van der Waals surface area contributed by atoms with E-state index in [1.807, 2.05) is 0 Å². The van der Waals surface area contributed by atoms with Gasteiger partial charge in [-0.1, -0.05) is 6.07 Å². The molecule has 1 fully saturated rings. The van der Waals surface area contributed by atoms with Crippen molar-refractivity contribution in [1.82, 2.24) is 24.7 Å². The molecule has 1 aromatic heterocycles. The van der Waals surface area contributed by atoms with Gasteiger partial charge in [-0.3, -0.25) is 9.69 Å². The van der Waals surface area contributed by atoms with Crippen LogP contribution in [0.3, 0.4) is 0 Å². The first kappa shape index (κ1) is 26.5. The van der Waals surface area contributed by atoms with Gasteiger partial charge < -0.3 is 14.7 Å². The van der Waals surface area contributed by atoms with Gasteiger partial charge in [0, 0.05) is 24.8 Å². The van der Waals surface area contributed by atoms with Crippen LogP contribution in [0.5, 0.6) is 5.75 Å². The van der Waals surface area contributed by atoms with Gasteiger partial charge >= 0.3 is 17.7 Å². The summed E-state index contributed by atoms with van der Waals surface area (Å²) < 4.78 is 21.1. The molecular formula is C25H27FN6O6. The number of benzene rings is 2. The highest BCUT2D eigenvalue weighted by Crippen LogP contribution is 2.27. The van der Waals surface area contributed by atoms with Gasteiger partial charge in [0.2, 0.25) is 0 Å². The molecule has 2 aromatic carbocycles. The molecule has 200 valence electrons. The Bertz CT molecular complexity index is 1440. The summed E-state index contributed by atoms with van der Waals surface area (Å²) in [6.07, 6.45) is 2.63. The third-order valence-electron chi connectivity index (χ3n) is 6.25. The zero-order chi connectivity index (χ0) is 27.6. The molecule has 0 atom stereocenters. The number of carboxylic acid groups (broad SMARTS) is 1. The molecule has 1 N–H and O–H groups in total. The number of halogens is 1. The highest BCUT2D eigenvalue weighted by molar-refractivity contribution is 5.98. The molecule has 1 aliphatic heterocycles. The van der Waals surface area contributed by atoms with Crippen LogP contribution < -0.4 is 15.3 Å². The van der Waals surface area contributed by atoms with E-state index in [2.05, 4.69) is 10.4 Å². The number of anilines is 1. The van der Waals surface area contributed by atoms with Crippen molar-refractivity contribution in [1.29, 1.82) is 0 Å². The molecule has 2 amide bonds. The predicted molar refractivity (Wildman–Crippen MR) is 134 cm³/mol. The van der Waals surface area contributed by atoms with E-state index in [-0.39, 0.29) is 22.6 Å². The van der Waals surface area contributed by atoms with Crippen molar-refractivity contribution in [2.45, 2.75) is 39.2 Å². The maximum absolute atomic E-state index is 15.0. The summed E-state index contributed by atoms with van der Waals surface area (Å²) in [5.74, 6) is -2.51. The van der Waals surface area contributed by atoms with Crippen LogP contribution in [0, 0.1) is 5.82 Å². The number of methoxy groups -OCH3 is 1. The van der Waals surface area contributed by atoms with Gasteiger partial charge in [0.1, 0.15) is 22.8 Å². The Kier molecular flexibility index (Phi) is 7.55. The van der Waals surface area contributed by atoms with Crippen LogP contribution in [0.1, 0.15) is 53.8 Å². The number of carbonyl (C=O) groups excluding carboxylic acids is 2. The van der Waals surface area contributed by atoms with Gasteiger partial charge in [-0.15, -0.1) is 4.68 Å². The molecule has 0 aliphatic carbocycles. The normalized spacial score (nSPS) is 13.4. The first-order valence-corrected chi connectivity index (χ1v) is 12.0. The SMILES string of the molecule is COc1ccc(N(C(=O)n2nnn(-c3c(F)cccc3C(=O)N3CCCCC3)c2=O)C(C)C)cc1C(=O)O. The number of amides is 2. The Balaban J connectivity index is 1.76. The Morgan fingerprint density at radius 1 is 1.05 bits per heavy atom. The van der Waals surface area contributed by atoms with Crippen molar-refractivity contribution in [3.63, 3.8) is 0 Å². The number of hydrogen-bond acceptors (Lipinski definition) is 7. The predicted octanol–water partition coefficient (Wildman–Crippen LogP) is 2.78. The monoisotopic (exact) mass is 526 g/mol. The number of likely N-dealkylation sites (tertiary alicyclic amines) is 1. The number of carboxylic acids is 1. The number of piperidine rings is 1. The number of nitrogens with zero attached hydrogens (tertiary/aromatic N) is 6. The van der Waals surface area contributed by atoms with Gasteiger partial charge in [0.15, 0.2) is 0 Å². The number of tetrazole rings is 1. The minimum Gasteiger partial charge on any atom is -0.496 e. The van der Waals surface area contributed by atoms with Crippen molar-refractivity contribution >= 4 is 23.6 Å². The Hall–Kier alpha value is -4.55. The molecule has 1 aliphatic rings. The molecule has 1 saturated heterocycles. The van der Waals surface area contributed by atoms with E-state index in [4.69, 9.17) is 4.74 Å². The summed E-state index contributed by atoms with van der Waals surface area (Å²) in [4.78, 5) is 54.4. The van der Waals surface area contributed by atoms with E-state index >= 15 is 4.39 Å². The van der Waals surface area contributed by atoms with Crippen molar-refractivity contribution in [3.8, 4) is 11.4 Å². The van der Waals surface area contributed by atoms with Gasteiger partial charge in [0.05, 0.1) is 12.7 Å². The van der Waals surface area contributed by atoms with Gasteiger partial charge in [-0.2, -0.15) is 4.68 Å². The zero-order valence-electron chi connectivity index (χ0n) is 21.1. The summed E-state index contributed by atoms with van der Waals surface area (Å²) in [6.45, 7) is 4.34. The number of hydrogen-bond donors (Lipinski definition) is 1. The molecule has 0 radical (unpaired) electrons. The van der Waals surface area contributed by atoms with Crippen molar-refractivity contribution in [2.24, 2.45) is 0 Å². The second-order valence-corrected chi connectivity index (χ2v) is 9.01. The number of rotatable bonds is 6. The van der Waals surface area contributed by atoms with E-state index in [1.54, 1.807) is 18.7 Å². The van der Waals surface area contributed by atoms with Gasteiger partial charge in [0.25, 0.3) is 5.91 Å². The summed E-state index contributed by atoms with van der Waals surface area (Å²) in [7, 11) is 1.32. The third-order valence-corrected chi connectivity index (χ3v) is 6.25. The van der Waals surface area contributed by atoms with Crippen LogP contribution in [0.4, 0.5) is 14.9 Å². The maximum Gasteiger partial charge on any atom is 0.377 e. The fraction of sp³-hybridized carbons (Fsp3) is 0.360. The van der Waals surface area contributed by atoms with Crippen LogP contribution in [0.15, 0.2) is 41.2 Å². The second kappa shape index (κ2) is 10.8. The Morgan fingerprint density at radius 3 is 2.39 bits per heavy atom. The van der Waals surface area contributed by atoms with Crippen LogP contribution in [-0.4, -0.2) is 73.9 Å². The van der Waals surface area contributed by atoms with Crippen LogP contribution in [0.25, 0.3) is 5.69 Å². The molecule has 13 heteroatoms. The molecule has 2 heterocycles. The number of ether oxygens (including phenoxy) is 1. The minimum absolute atomic E-state index is 0.0736. The molecule has 3 aromatic rings. The first-order chi connectivity index (χ1) is 18.1. The number of carbonyl (C=O) groups is 3. The molecule has 0 saturated carbocycles. The molecule has 4 rings (SSSR count). The van der Waals surface area contributed by atoms with Crippen LogP contribution in [-0.2, 0) is 0 Å². The summed E-state index contributed by atoms with van der Waals surface area (Å²) in [5.41, 5.74) is -1.59. The fourth-order valence-electron chi connectivity index (χ4n) is 4.42. The summed E-state index contributed by atoms with van der Waals surface area (Å²) in [5, 5.41) is 16.9. The maximum atomic E-state index is 15.0. The van der Waals surface area contributed by atoms with Crippen LogP contribution >= 0.6 is 0 Å². The third kappa shape index (κ3) is 4.86. The van der Waals surface area contributed by atoms with E-state index in [1.165, 1.54) is 37.4 Å². The molecule has 0 spiro atoms. The highest BCUT2D eigenvalue weighted by Gasteiger charge is 2.30. The van der Waals surface area contributed by atoms with Crippen LogP contribution in [0.2, 0.25) is 0 Å². The second-order valence-electron chi connectivity index (χ2n) is 9.01. The molecule has 38 heavy (non-hydrogen) atoms. The fourth-order valence-corrected chi connectivity index (χ4v) is 4.42. The summed E-state index contributed by atoms with van der Waals surface area (Å²) in [6, 6.07) is 6.44. The Morgan fingerprint density at radius 2 is 1.76 bits per heavy atom. The number of aromatic carboxylic acids is 1. The smallest absolute Gasteiger partial charge is 0.377 e. The quantitative estimate of drug-likeness (QED) is 0.484. The lowest BCUT2D eigenvalue weighted by molar-refractivity contribution is 0.0690. The van der Waals surface area contributed by atoms with E-state index in [0.717, 1.165) is 30.2 Å². The summed E-state index contributed by atoms with van der Waals surface area (Å²) >= 11 is 0. The lowest BCUT2D eigenvalue weighted by Crippen LogP contribution is -2.45. The zero-order valence-corrected chi connectivity index (χ0v) is 21.1. The Labute approximate surface area is 216 Å². The lowest BCUT2D eigenvalue weighted by Gasteiger charge is -2.27. The van der Waals surface area contributed by atoms with Gasteiger partial charge in [-0.05, 0) is 73.9 Å². The first-order valence-electron chi connectivity index (χ1n) is 12.0. The van der Waals surface area contributed by atoms with E-state index in [0.29, 0.717) is 22.5 Å². The molecular weight excluding hydrogens is 499 g/mol. The van der Waals surface area contributed by atoms with Gasteiger partial charge in [-0.25, -0.2) is 18.8 Å². The van der Waals surface area contributed by atoms with Crippen molar-refractivity contribution in [2.75, 3.05) is 25.1 Å². The van der Waals surface area contributed by atoms with E-state index < -0.39 is 41.1 Å². The highest BCUT2D eigenvalue weighted by atomic mass is 19.1. The van der Waals surface area contributed by atoms with E-state index in [9.17, 15) is 24.3 Å². The topological polar surface area (TPSA) is 140 Å². The molecule has 12 nitrogen and oxygen atoms in total. The van der Waals surface area contributed by atoms with Crippen molar-refractivity contribution in [3.05, 3.63) is 63.8 Å².